The summed E-state index contributed by atoms with van der Waals surface area (Å²) in [5.74, 6) is -0.556. The second-order valence-corrected chi connectivity index (χ2v) is 12.4. The predicted octanol–water partition coefficient (Wildman–Crippen LogP) is 5.84. The zero-order valence-electron chi connectivity index (χ0n) is 20.9. The Morgan fingerprint density at radius 3 is 2.77 bits per heavy atom. The van der Waals surface area contributed by atoms with Crippen molar-refractivity contribution in [1.29, 1.82) is 0 Å². The van der Waals surface area contributed by atoms with Gasteiger partial charge in [0.1, 0.15) is 9.32 Å². The van der Waals surface area contributed by atoms with Crippen LogP contribution in [0.3, 0.4) is 0 Å². The number of thiophene rings is 1. The summed E-state index contributed by atoms with van der Waals surface area (Å²) in [5.41, 5.74) is 3.36. The Morgan fingerprint density at radius 1 is 1.18 bits per heavy atom. The highest BCUT2D eigenvalue weighted by molar-refractivity contribution is 8.26. The van der Waals surface area contributed by atoms with Crippen molar-refractivity contribution in [2.45, 2.75) is 38.6 Å². The third-order valence-corrected chi connectivity index (χ3v) is 9.24. The number of nitrogens with one attached hydrogen (secondary N) is 2. The quantitative estimate of drug-likeness (QED) is 0.238. The zero-order valence-corrected chi connectivity index (χ0v) is 24.1. The third-order valence-electron chi connectivity index (χ3n) is 6.40. The standard InChI is InChI=1S/C28H25ClN4O3S3/c29-19-10-8-17(9-11-19)14-22-27(36)33(28(37)39-22)13-3-7-23(34)32-26-24(20-5-1-6-21(20)38-26)25(35)31-16-18-4-2-12-30-15-18/h2,4,8-12,14-15H,1,3,5-7,13,16H2,(H,31,35)(H,32,34)/b22-14-. The number of thioether (sulfide) groups is 1. The van der Waals surface area contributed by atoms with Gasteiger partial charge in [-0.2, -0.15) is 0 Å². The summed E-state index contributed by atoms with van der Waals surface area (Å²) in [6.45, 7) is 0.705. The van der Waals surface area contributed by atoms with Crippen LogP contribution in [0.4, 0.5) is 5.00 Å². The van der Waals surface area contributed by atoms with Crippen LogP contribution in [0, 0.1) is 0 Å². The van der Waals surface area contributed by atoms with E-state index in [9.17, 15) is 14.4 Å². The van der Waals surface area contributed by atoms with Crippen molar-refractivity contribution in [2.75, 3.05) is 11.9 Å². The molecule has 2 aliphatic rings. The van der Waals surface area contributed by atoms with E-state index in [0.29, 0.717) is 44.3 Å². The maximum atomic E-state index is 13.1. The van der Waals surface area contributed by atoms with E-state index in [1.807, 2.05) is 24.3 Å². The van der Waals surface area contributed by atoms with Crippen LogP contribution >= 0.6 is 46.9 Å². The fourth-order valence-electron chi connectivity index (χ4n) is 4.50. The lowest BCUT2D eigenvalue weighted by molar-refractivity contribution is -0.122. The third kappa shape index (κ3) is 6.58. The number of anilines is 1. The van der Waals surface area contributed by atoms with Gasteiger partial charge < -0.3 is 10.6 Å². The van der Waals surface area contributed by atoms with Gasteiger partial charge in [-0.25, -0.2) is 0 Å². The van der Waals surface area contributed by atoms with Crippen LogP contribution in [0.1, 0.15) is 51.2 Å². The number of rotatable bonds is 9. The lowest BCUT2D eigenvalue weighted by Crippen LogP contribution is -2.29. The number of amides is 3. The summed E-state index contributed by atoms with van der Waals surface area (Å²) in [6.07, 6.45) is 8.59. The fraction of sp³-hybridized carbons (Fsp3) is 0.250. The summed E-state index contributed by atoms with van der Waals surface area (Å²) >= 11 is 14.1. The Balaban J connectivity index is 1.17. The Hall–Kier alpha value is -3.05. The number of nitrogens with zero attached hydrogens (tertiary/aromatic N) is 2. The molecule has 3 amide bonds. The first-order valence-electron chi connectivity index (χ1n) is 12.5. The van der Waals surface area contributed by atoms with Crippen LogP contribution in [0.2, 0.25) is 5.02 Å². The highest BCUT2D eigenvalue weighted by Gasteiger charge is 2.32. The van der Waals surface area contributed by atoms with Gasteiger partial charge >= 0.3 is 0 Å². The van der Waals surface area contributed by atoms with Gasteiger partial charge in [0.2, 0.25) is 5.91 Å². The van der Waals surface area contributed by atoms with Gasteiger partial charge in [0.05, 0.1) is 10.5 Å². The molecule has 1 saturated heterocycles. The fourth-order valence-corrected chi connectivity index (χ4v) is 7.23. The minimum Gasteiger partial charge on any atom is -0.348 e. The average molecular weight is 597 g/mol. The first-order valence-corrected chi connectivity index (χ1v) is 14.9. The Bertz CT molecular complexity index is 1450. The molecule has 1 aliphatic carbocycles. The van der Waals surface area contributed by atoms with Crippen LogP contribution in [-0.4, -0.2) is 38.5 Å². The SMILES string of the molecule is O=C(CCCN1C(=O)/C(=C/c2ccc(Cl)cc2)SC1=S)Nc1sc2c(c1C(=O)NCc1cccnc1)CCC2. The van der Waals surface area contributed by atoms with Gasteiger partial charge in [-0.3, -0.25) is 24.3 Å². The van der Waals surface area contributed by atoms with Crippen molar-refractivity contribution in [3.05, 3.63) is 85.9 Å². The number of carbonyl (C=O) groups excluding carboxylic acids is 3. The van der Waals surface area contributed by atoms with Crippen LogP contribution in [0.15, 0.2) is 53.7 Å². The number of benzene rings is 1. The summed E-state index contributed by atoms with van der Waals surface area (Å²) in [4.78, 5) is 46.2. The number of hydrogen-bond acceptors (Lipinski definition) is 7. The molecule has 5 rings (SSSR count). The van der Waals surface area contributed by atoms with E-state index in [0.717, 1.165) is 40.8 Å². The van der Waals surface area contributed by atoms with Crippen molar-refractivity contribution < 1.29 is 14.4 Å². The molecule has 200 valence electrons. The van der Waals surface area contributed by atoms with Crippen LogP contribution in [0.5, 0.6) is 0 Å². The first kappa shape index (κ1) is 27.5. The van der Waals surface area contributed by atoms with E-state index in [2.05, 4.69) is 15.6 Å². The molecule has 11 heteroatoms. The van der Waals surface area contributed by atoms with Crippen molar-refractivity contribution in [3.8, 4) is 0 Å². The second-order valence-electron chi connectivity index (χ2n) is 9.14. The average Bonchev–Trinajstić information content (AvgIpc) is 3.58. The van der Waals surface area contributed by atoms with Crippen molar-refractivity contribution in [3.63, 3.8) is 0 Å². The Morgan fingerprint density at radius 2 is 2.00 bits per heavy atom. The highest BCUT2D eigenvalue weighted by atomic mass is 35.5. The number of aryl methyl sites for hydroxylation is 1. The molecule has 7 nitrogen and oxygen atoms in total. The highest BCUT2D eigenvalue weighted by Crippen LogP contribution is 2.39. The number of halogens is 1. The van der Waals surface area contributed by atoms with Crippen LogP contribution < -0.4 is 10.6 Å². The summed E-state index contributed by atoms with van der Waals surface area (Å²) in [6, 6.07) is 10.9. The molecule has 1 fully saturated rings. The number of carbonyl (C=O) groups is 3. The molecule has 0 atom stereocenters. The lowest BCUT2D eigenvalue weighted by Gasteiger charge is -2.14. The lowest BCUT2D eigenvalue weighted by atomic mass is 10.1. The molecular formula is C28H25ClN4O3S3. The van der Waals surface area contributed by atoms with Crippen molar-refractivity contribution in [1.82, 2.24) is 15.2 Å². The van der Waals surface area contributed by atoms with Crippen LogP contribution in [-0.2, 0) is 29.0 Å². The number of fused-ring (bicyclic) bond motifs is 1. The van der Waals surface area contributed by atoms with Gasteiger partial charge in [-0.05, 0) is 66.6 Å². The van der Waals surface area contributed by atoms with E-state index in [1.165, 1.54) is 28.0 Å². The van der Waals surface area contributed by atoms with Crippen molar-refractivity contribution in [2.24, 2.45) is 0 Å². The number of pyridine rings is 1. The van der Waals surface area contributed by atoms with Crippen LogP contribution in [0.25, 0.3) is 6.08 Å². The summed E-state index contributed by atoms with van der Waals surface area (Å²) in [5, 5.41) is 7.13. The van der Waals surface area contributed by atoms with Crippen molar-refractivity contribution >= 4 is 80.0 Å². The largest absolute Gasteiger partial charge is 0.348 e. The molecule has 39 heavy (non-hydrogen) atoms. The van der Waals surface area contributed by atoms with E-state index in [-0.39, 0.29) is 24.1 Å². The molecule has 0 spiro atoms. The molecule has 2 N–H and O–H groups in total. The molecule has 1 aliphatic heterocycles. The molecular weight excluding hydrogens is 572 g/mol. The van der Waals surface area contributed by atoms with Gasteiger partial charge in [-0.1, -0.05) is 53.8 Å². The minimum absolute atomic E-state index is 0.164. The topological polar surface area (TPSA) is 91.4 Å². The predicted molar refractivity (Wildman–Crippen MR) is 161 cm³/mol. The molecule has 2 aromatic heterocycles. The number of thiocarbonyl (C=S) groups is 1. The summed E-state index contributed by atoms with van der Waals surface area (Å²) < 4.78 is 0.475. The molecule has 0 bridgehead atoms. The smallest absolute Gasteiger partial charge is 0.266 e. The van der Waals surface area contributed by atoms with Gasteiger partial charge in [0.25, 0.3) is 11.8 Å². The Labute approximate surface area is 245 Å². The molecule has 0 radical (unpaired) electrons. The van der Waals surface area contributed by atoms with E-state index >= 15 is 0 Å². The molecule has 1 aromatic carbocycles. The summed E-state index contributed by atoms with van der Waals surface area (Å²) in [7, 11) is 0. The number of aromatic nitrogens is 1. The second kappa shape index (κ2) is 12.4. The monoisotopic (exact) mass is 596 g/mol. The molecule has 3 aromatic rings. The van der Waals surface area contributed by atoms with E-state index < -0.39 is 0 Å². The maximum absolute atomic E-state index is 13.1. The number of hydrogen-bond donors (Lipinski definition) is 2. The molecule has 3 heterocycles. The normalized spacial score (nSPS) is 15.6. The van der Waals surface area contributed by atoms with Gasteiger partial charge in [-0.15, -0.1) is 11.3 Å². The maximum Gasteiger partial charge on any atom is 0.266 e. The Kier molecular flexibility index (Phi) is 8.76. The molecule has 0 saturated carbocycles. The minimum atomic E-state index is -0.196. The van der Waals surface area contributed by atoms with E-state index in [4.69, 9.17) is 23.8 Å². The van der Waals surface area contributed by atoms with Gasteiger partial charge in [0, 0.05) is 41.8 Å². The first-order chi connectivity index (χ1) is 18.9. The zero-order chi connectivity index (χ0) is 27.4. The molecule has 0 unspecified atom stereocenters. The van der Waals surface area contributed by atoms with E-state index in [1.54, 1.807) is 30.6 Å². The van der Waals surface area contributed by atoms with Gasteiger partial charge in [0.15, 0.2) is 0 Å².